The Bertz CT molecular complexity index is 1160. The first-order valence-corrected chi connectivity index (χ1v) is 7.93. The number of hydrogen-bond donors (Lipinski definition) is 3. The minimum Gasteiger partial charge on any atom is -0.507 e. The fraction of sp³-hybridized carbons (Fsp3) is 0. The van der Waals surface area contributed by atoms with Gasteiger partial charge in [-0.15, -0.1) is 0 Å². The normalized spacial score (nSPS) is 10.9. The smallest absolute Gasteiger partial charge is 0.339 e. The molecule has 0 heterocycles. The first-order chi connectivity index (χ1) is 12.6. The zero-order valence-corrected chi connectivity index (χ0v) is 13.5. The molecule has 0 aliphatic carbocycles. The molecule has 0 saturated heterocycles. The lowest BCUT2D eigenvalue weighted by atomic mass is 10.0. The van der Waals surface area contributed by atoms with Gasteiger partial charge >= 0.3 is 5.97 Å². The number of aromatic carboxylic acids is 1. The van der Waals surface area contributed by atoms with Crippen LogP contribution >= 0.6 is 0 Å². The Morgan fingerprint density at radius 1 is 0.731 bits per heavy atom. The molecule has 26 heavy (non-hydrogen) atoms. The van der Waals surface area contributed by atoms with Crippen molar-refractivity contribution in [3.63, 3.8) is 0 Å². The summed E-state index contributed by atoms with van der Waals surface area (Å²) in [6.07, 6.45) is 0. The second kappa shape index (κ2) is 5.97. The van der Waals surface area contributed by atoms with E-state index in [0.29, 0.717) is 27.3 Å². The van der Waals surface area contributed by atoms with E-state index in [1.54, 1.807) is 48.5 Å². The van der Waals surface area contributed by atoms with Crippen LogP contribution in [0.25, 0.3) is 21.5 Å². The second-order valence-corrected chi connectivity index (χ2v) is 5.85. The van der Waals surface area contributed by atoms with Gasteiger partial charge in [0, 0.05) is 21.5 Å². The van der Waals surface area contributed by atoms with Crippen LogP contribution in [0.15, 0.2) is 66.7 Å². The lowest BCUT2D eigenvalue weighted by molar-refractivity contribution is 0.0694. The van der Waals surface area contributed by atoms with Crippen LogP contribution in [0.5, 0.6) is 23.0 Å². The number of carboxylic acid groups (broad SMARTS) is 1. The summed E-state index contributed by atoms with van der Waals surface area (Å²) >= 11 is 0. The van der Waals surface area contributed by atoms with E-state index in [2.05, 4.69) is 0 Å². The highest BCUT2D eigenvalue weighted by atomic mass is 16.5. The van der Waals surface area contributed by atoms with Crippen molar-refractivity contribution in [1.82, 2.24) is 0 Å². The summed E-state index contributed by atoms with van der Waals surface area (Å²) in [6, 6.07) is 18.3. The molecular formula is C21H14O5. The van der Waals surface area contributed by atoms with Crippen molar-refractivity contribution in [2.75, 3.05) is 0 Å². The lowest BCUT2D eigenvalue weighted by Gasteiger charge is -2.15. The summed E-state index contributed by atoms with van der Waals surface area (Å²) in [5, 5.41) is 32.0. The Labute approximate surface area is 148 Å². The number of hydrogen-bond acceptors (Lipinski definition) is 4. The van der Waals surface area contributed by atoms with Crippen molar-refractivity contribution in [2.24, 2.45) is 0 Å². The molecule has 5 heteroatoms. The molecule has 5 nitrogen and oxygen atoms in total. The van der Waals surface area contributed by atoms with Gasteiger partial charge in [0.2, 0.25) is 0 Å². The van der Waals surface area contributed by atoms with Crippen molar-refractivity contribution in [1.29, 1.82) is 0 Å². The van der Waals surface area contributed by atoms with Crippen molar-refractivity contribution in [2.45, 2.75) is 0 Å². The number of rotatable bonds is 3. The topological polar surface area (TPSA) is 87.0 Å². The van der Waals surface area contributed by atoms with Gasteiger partial charge in [0.1, 0.15) is 28.6 Å². The molecule has 0 amide bonds. The van der Waals surface area contributed by atoms with E-state index < -0.39 is 5.97 Å². The third-order valence-corrected chi connectivity index (χ3v) is 4.28. The summed E-state index contributed by atoms with van der Waals surface area (Å²) in [7, 11) is 0. The van der Waals surface area contributed by atoms with E-state index >= 15 is 0 Å². The molecule has 0 aliphatic heterocycles. The van der Waals surface area contributed by atoms with Gasteiger partial charge in [-0.2, -0.15) is 0 Å². The monoisotopic (exact) mass is 346 g/mol. The van der Waals surface area contributed by atoms with Crippen LogP contribution < -0.4 is 4.74 Å². The Balaban J connectivity index is 1.99. The number of phenols is 2. The minimum atomic E-state index is -1.20. The molecule has 128 valence electrons. The first kappa shape index (κ1) is 15.8. The number of fused-ring (bicyclic) bond motifs is 2. The van der Waals surface area contributed by atoms with E-state index in [9.17, 15) is 20.1 Å². The number of aromatic hydroxyl groups is 2. The molecular weight excluding hydrogens is 332 g/mol. The van der Waals surface area contributed by atoms with Crippen molar-refractivity contribution >= 4 is 27.5 Å². The highest BCUT2D eigenvalue weighted by molar-refractivity contribution is 6.04. The molecule has 0 spiro atoms. The van der Waals surface area contributed by atoms with Gasteiger partial charge in [0.25, 0.3) is 0 Å². The van der Waals surface area contributed by atoms with E-state index in [1.165, 1.54) is 12.1 Å². The molecule has 0 atom stereocenters. The molecule has 0 saturated carbocycles. The van der Waals surface area contributed by atoms with Gasteiger partial charge in [0.15, 0.2) is 0 Å². The van der Waals surface area contributed by atoms with Crippen LogP contribution in [0.4, 0.5) is 0 Å². The minimum absolute atomic E-state index is 0.113. The summed E-state index contributed by atoms with van der Waals surface area (Å²) in [5.41, 5.74) is -0.140. The van der Waals surface area contributed by atoms with Crippen LogP contribution in [-0.2, 0) is 0 Å². The Morgan fingerprint density at radius 2 is 1.31 bits per heavy atom. The fourth-order valence-electron chi connectivity index (χ4n) is 3.05. The standard InChI is InChI=1S/C21H14O5/c22-17-9-10-19(14-7-3-1-5-12(14)17)26-20-15-8-4-2-6-13(15)18(23)11-16(20)21(24)25/h1-11,22-23H,(H,24,25). The molecule has 0 aliphatic rings. The lowest BCUT2D eigenvalue weighted by Crippen LogP contribution is -2.01. The van der Waals surface area contributed by atoms with E-state index in [4.69, 9.17) is 4.74 Å². The highest BCUT2D eigenvalue weighted by Gasteiger charge is 2.19. The SMILES string of the molecule is O=C(O)c1cc(O)c2ccccc2c1Oc1ccc(O)c2ccccc12. The maximum absolute atomic E-state index is 11.7. The Kier molecular flexibility index (Phi) is 3.62. The largest absolute Gasteiger partial charge is 0.507 e. The average Bonchev–Trinajstić information content (AvgIpc) is 2.66. The van der Waals surface area contributed by atoms with Gasteiger partial charge in [-0.25, -0.2) is 4.79 Å². The zero-order chi connectivity index (χ0) is 18.3. The van der Waals surface area contributed by atoms with Gasteiger partial charge in [-0.3, -0.25) is 0 Å². The number of phenolic OH excluding ortho intramolecular Hbond substituents is 2. The molecule has 0 unspecified atom stereocenters. The third kappa shape index (κ3) is 2.46. The summed E-state index contributed by atoms with van der Waals surface area (Å²) in [5.74, 6) is -0.662. The van der Waals surface area contributed by atoms with Crippen molar-refractivity contribution in [3.8, 4) is 23.0 Å². The molecule has 3 N–H and O–H groups in total. The summed E-state index contributed by atoms with van der Waals surface area (Å²) in [4.78, 5) is 11.7. The van der Waals surface area contributed by atoms with Crippen LogP contribution in [0.2, 0.25) is 0 Å². The molecule has 4 rings (SSSR count). The number of ether oxygens (including phenoxy) is 1. The van der Waals surface area contributed by atoms with Crippen LogP contribution in [0.1, 0.15) is 10.4 Å². The maximum Gasteiger partial charge on any atom is 0.339 e. The summed E-state index contributed by atoms with van der Waals surface area (Å²) in [6.45, 7) is 0. The van der Waals surface area contributed by atoms with Gasteiger partial charge in [0.05, 0.1) is 0 Å². The zero-order valence-electron chi connectivity index (χ0n) is 13.5. The molecule has 0 radical (unpaired) electrons. The number of benzene rings is 4. The average molecular weight is 346 g/mol. The van der Waals surface area contributed by atoms with Crippen LogP contribution in [0.3, 0.4) is 0 Å². The fourth-order valence-corrected chi connectivity index (χ4v) is 3.05. The molecule has 4 aromatic carbocycles. The van der Waals surface area contributed by atoms with E-state index in [0.717, 1.165) is 0 Å². The maximum atomic E-state index is 11.7. The van der Waals surface area contributed by atoms with Gasteiger partial charge < -0.3 is 20.1 Å². The number of carboxylic acids is 1. The second-order valence-electron chi connectivity index (χ2n) is 5.85. The summed E-state index contributed by atoms with van der Waals surface area (Å²) < 4.78 is 6.00. The third-order valence-electron chi connectivity index (χ3n) is 4.28. The van der Waals surface area contributed by atoms with Crippen LogP contribution in [0, 0.1) is 0 Å². The molecule has 0 fully saturated rings. The van der Waals surface area contributed by atoms with Crippen molar-refractivity contribution < 1.29 is 24.9 Å². The quantitative estimate of drug-likeness (QED) is 0.491. The van der Waals surface area contributed by atoms with Crippen LogP contribution in [-0.4, -0.2) is 21.3 Å². The predicted octanol–water partition coefficient (Wildman–Crippen LogP) is 4.89. The van der Waals surface area contributed by atoms with Crippen molar-refractivity contribution in [3.05, 3.63) is 72.3 Å². The highest BCUT2D eigenvalue weighted by Crippen LogP contribution is 2.41. The first-order valence-electron chi connectivity index (χ1n) is 7.93. The molecule has 0 bridgehead atoms. The Morgan fingerprint density at radius 3 is 1.96 bits per heavy atom. The Hall–Kier alpha value is -3.73. The predicted molar refractivity (Wildman–Crippen MR) is 98.3 cm³/mol. The molecule has 0 aromatic heterocycles. The van der Waals surface area contributed by atoms with E-state index in [-0.39, 0.29) is 22.8 Å². The van der Waals surface area contributed by atoms with Gasteiger partial charge in [-0.1, -0.05) is 48.5 Å². The van der Waals surface area contributed by atoms with Gasteiger partial charge in [-0.05, 0) is 18.2 Å². The van der Waals surface area contributed by atoms with E-state index in [1.807, 2.05) is 6.07 Å². The number of carbonyl (C=O) groups is 1. The molecule has 4 aromatic rings.